The predicted molar refractivity (Wildman–Crippen MR) is 86.1 cm³/mol. The molecule has 0 fully saturated rings. The number of nitriles is 1. The Balaban J connectivity index is 2.38. The van der Waals surface area contributed by atoms with Crippen molar-refractivity contribution in [2.24, 2.45) is 0 Å². The van der Waals surface area contributed by atoms with E-state index in [0.717, 1.165) is 5.56 Å². The molecule has 1 aromatic carbocycles. The maximum atomic E-state index is 12.4. The molecule has 0 amide bonds. The largest absolute Gasteiger partial charge is 0.465 e. The van der Waals surface area contributed by atoms with Crippen LogP contribution < -0.4 is 0 Å². The van der Waals surface area contributed by atoms with Gasteiger partial charge in [-0.25, -0.2) is 8.42 Å². The van der Waals surface area contributed by atoms with Crippen molar-refractivity contribution in [3.63, 3.8) is 0 Å². The van der Waals surface area contributed by atoms with Gasteiger partial charge in [0.15, 0.2) is 9.84 Å². The molecule has 4 nitrogen and oxygen atoms in total. The van der Waals surface area contributed by atoms with Gasteiger partial charge in [-0.1, -0.05) is 29.3 Å². The van der Waals surface area contributed by atoms with Crippen molar-refractivity contribution >= 4 is 39.1 Å². The van der Waals surface area contributed by atoms with Crippen molar-refractivity contribution in [2.75, 3.05) is 0 Å². The van der Waals surface area contributed by atoms with Crippen LogP contribution in [-0.4, -0.2) is 8.42 Å². The Morgan fingerprint density at radius 3 is 2.64 bits per heavy atom. The summed E-state index contributed by atoms with van der Waals surface area (Å²) in [5, 5.41) is 9.80. The Bertz CT molecular complexity index is 876. The van der Waals surface area contributed by atoms with Crippen LogP contribution in [0.1, 0.15) is 16.9 Å². The van der Waals surface area contributed by atoms with Gasteiger partial charge in [0, 0.05) is 16.1 Å². The zero-order valence-electron chi connectivity index (χ0n) is 11.5. The first-order valence-electron chi connectivity index (χ1n) is 6.16. The van der Waals surface area contributed by atoms with Crippen LogP contribution >= 0.6 is 23.2 Å². The van der Waals surface area contributed by atoms with Crippen LogP contribution in [0.2, 0.25) is 10.0 Å². The molecule has 0 aliphatic carbocycles. The van der Waals surface area contributed by atoms with Gasteiger partial charge < -0.3 is 4.42 Å². The average molecular weight is 356 g/mol. The molecular weight excluding hydrogens is 345 g/mol. The summed E-state index contributed by atoms with van der Waals surface area (Å²) >= 11 is 11.8. The number of aryl methyl sites for hydroxylation is 1. The molecule has 0 atom stereocenters. The van der Waals surface area contributed by atoms with Crippen LogP contribution in [0.3, 0.4) is 0 Å². The summed E-state index contributed by atoms with van der Waals surface area (Å²) in [6.45, 7) is 1.76. The van der Waals surface area contributed by atoms with Crippen molar-refractivity contribution in [3.05, 3.63) is 62.4 Å². The van der Waals surface area contributed by atoms with Crippen molar-refractivity contribution in [3.8, 4) is 6.07 Å². The maximum Gasteiger partial charge on any atom is 0.192 e. The molecular formula is C15H11Cl2NO3S. The minimum absolute atomic E-state index is 0.238. The second kappa shape index (κ2) is 6.57. The van der Waals surface area contributed by atoms with Crippen molar-refractivity contribution in [1.82, 2.24) is 0 Å². The molecule has 0 aliphatic heterocycles. The summed E-state index contributed by atoms with van der Waals surface area (Å²) in [5.74, 6) is -0.0513. The van der Waals surface area contributed by atoms with Gasteiger partial charge in [-0.15, -0.1) is 0 Å². The van der Waals surface area contributed by atoms with E-state index in [1.807, 2.05) is 0 Å². The van der Waals surface area contributed by atoms with Gasteiger partial charge in [0.1, 0.15) is 16.7 Å². The fourth-order valence-electron chi connectivity index (χ4n) is 1.76. The number of halogens is 2. The topological polar surface area (TPSA) is 71.1 Å². The van der Waals surface area contributed by atoms with Crippen LogP contribution in [0.15, 0.2) is 39.9 Å². The lowest BCUT2D eigenvalue weighted by Gasteiger charge is -2.06. The third kappa shape index (κ3) is 3.72. The van der Waals surface area contributed by atoms with E-state index < -0.39 is 9.84 Å². The van der Waals surface area contributed by atoms with Crippen LogP contribution in [0, 0.1) is 18.3 Å². The van der Waals surface area contributed by atoms with Crippen LogP contribution in [0.5, 0.6) is 0 Å². The van der Waals surface area contributed by atoms with E-state index >= 15 is 0 Å². The Morgan fingerprint density at radius 2 is 2.09 bits per heavy atom. The lowest BCUT2D eigenvalue weighted by atomic mass is 10.2. The molecule has 1 aromatic heterocycles. The monoisotopic (exact) mass is 355 g/mol. The molecule has 22 heavy (non-hydrogen) atoms. The lowest BCUT2D eigenvalue weighted by molar-refractivity contribution is 0.554. The number of benzene rings is 1. The Morgan fingerprint density at radius 1 is 1.36 bits per heavy atom. The van der Waals surface area contributed by atoms with Crippen molar-refractivity contribution < 1.29 is 12.8 Å². The zero-order valence-corrected chi connectivity index (χ0v) is 13.8. The highest BCUT2D eigenvalue weighted by Gasteiger charge is 2.21. The lowest BCUT2D eigenvalue weighted by Crippen LogP contribution is -2.07. The molecule has 7 heteroatoms. The number of furan rings is 1. The minimum Gasteiger partial charge on any atom is -0.465 e. The van der Waals surface area contributed by atoms with Crippen molar-refractivity contribution in [2.45, 2.75) is 12.7 Å². The van der Waals surface area contributed by atoms with Crippen molar-refractivity contribution in [1.29, 1.82) is 5.26 Å². The van der Waals surface area contributed by atoms with E-state index in [0.29, 0.717) is 16.3 Å². The summed E-state index contributed by atoms with van der Waals surface area (Å²) in [4.78, 5) is -0.378. The number of nitrogens with zero attached hydrogens (tertiary/aromatic N) is 1. The quantitative estimate of drug-likeness (QED) is 0.763. The zero-order chi connectivity index (χ0) is 16.3. The highest BCUT2D eigenvalue weighted by molar-refractivity contribution is 7.95. The number of sulfone groups is 1. The van der Waals surface area contributed by atoms with E-state index in [-0.39, 0.29) is 15.7 Å². The first-order valence-corrected chi connectivity index (χ1v) is 8.57. The fourth-order valence-corrected chi connectivity index (χ4v) is 3.56. The van der Waals surface area contributed by atoms with Gasteiger partial charge in [-0.3, -0.25) is 0 Å². The second-order valence-corrected chi connectivity index (χ2v) is 7.38. The van der Waals surface area contributed by atoms with E-state index in [2.05, 4.69) is 0 Å². The highest BCUT2D eigenvalue weighted by atomic mass is 35.5. The number of allylic oxidation sites excluding steroid dienone is 1. The average Bonchev–Trinajstić information content (AvgIpc) is 2.84. The summed E-state index contributed by atoms with van der Waals surface area (Å²) in [6.07, 6.45) is 2.65. The highest BCUT2D eigenvalue weighted by Crippen LogP contribution is 2.25. The molecule has 2 rings (SSSR count). The molecule has 0 aliphatic rings. The van der Waals surface area contributed by atoms with E-state index in [1.54, 1.807) is 25.1 Å². The molecule has 0 N–H and O–H groups in total. The molecule has 2 aromatic rings. The number of rotatable bonds is 4. The minimum atomic E-state index is -3.84. The second-order valence-electron chi connectivity index (χ2n) is 4.58. The molecule has 0 saturated carbocycles. The van der Waals surface area contributed by atoms with Crippen LogP contribution in [0.4, 0.5) is 0 Å². The van der Waals surface area contributed by atoms with Crippen LogP contribution in [-0.2, 0) is 15.6 Å². The van der Waals surface area contributed by atoms with Gasteiger partial charge in [-0.2, -0.15) is 5.26 Å². The SMILES string of the molecule is Cc1ccoc1/C=C(/C#N)S(=O)(=O)Cc1ccc(Cl)cc1Cl. The summed E-state index contributed by atoms with van der Waals surface area (Å²) in [5.41, 5.74) is 1.12. The summed E-state index contributed by atoms with van der Waals surface area (Å²) in [6, 6.07) is 7.92. The van der Waals surface area contributed by atoms with Gasteiger partial charge >= 0.3 is 0 Å². The molecule has 0 unspecified atom stereocenters. The molecule has 0 spiro atoms. The first kappa shape index (κ1) is 16.6. The standard InChI is InChI=1S/C15H11Cl2NO3S/c1-10-4-5-21-15(10)7-13(8-18)22(19,20)9-11-2-3-12(16)6-14(11)17/h2-7H,9H2,1H3/b13-7-. The Labute approximate surface area is 138 Å². The van der Waals surface area contributed by atoms with E-state index in [9.17, 15) is 8.42 Å². The predicted octanol–water partition coefficient (Wildman–Crippen LogP) is 4.37. The third-order valence-electron chi connectivity index (χ3n) is 2.97. The number of hydrogen-bond acceptors (Lipinski definition) is 4. The molecule has 0 bridgehead atoms. The maximum absolute atomic E-state index is 12.4. The Hall–Kier alpha value is -1.74. The molecule has 0 saturated heterocycles. The van der Waals surface area contributed by atoms with Gasteiger partial charge in [0.05, 0.1) is 12.0 Å². The van der Waals surface area contributed by atoms with Gasteiger partial charge in [0.2, 0.25) is 0 Å². The van der Waals surface area contributed by atoms with Gasteiger partial charge in [0.25, 0.3) is 0 Å². The Kier molecular flexibility index (Phi) is 4.97. The smallest absolute Gasteiger partial charge is 0.192 e. The first-order chi connectivity index (χ1) is 10.3. The summed E-state index contributed by atoms with van der Waals surface area (Å²) in [7, 11) is -3.84. The van der Waals surface area contributed by atoms with Crippen LogP contribution in [0.25, 0.3) is 6.08 Å². The third-order valence-corrected chi connectivity index (χ3v) is 5.13. The van der Waals surface area contributed by atoms with E-state index in [1.165, 1.54) is 24.5 Å². The normalized spacial score (nSPS) is 12.2. The fraction of sp³-hybridized carbons (Fsp3) is 0.133. The molecule has 1 heterocycles. The molecule has 114 valence electrons. The summed E-state index contributed by atoms with van der Waals surface area (Å²) < 4.78 is 29.9. The van der Waals surface area contributed by atoms with Gasteiger partial charge in [-0.05, 0) is 36.2 Å². The van der Waals surface area contributed by atoms with E-state index in [4.69, 9.17) is 32.9 Å². The number of hydrogen-bond donors (Lipinski definition) is 0. The molecule has 0 radical (unpaired) electrons.